The molecule has 0 radical (unpaired) electrons. The van der Waals surface area contributed by atoms with Crippen LogP contribution in [0.4, 0.5) is 0 Å². The maximum atomic E-state index is 11.4. The van der Waals surface area contributed by atoms with Crippen molar-refractivity contribution >= 4 is 32.2 Å². The molecule has 0 aliphatic heterocycles. The summed E-state index contributed by atoms with van der Waals surface area (Å²) in [5.41, 5.74) is -0.225. The first-order valence-electron chi connectivity index (χ1n) is 6.31. The van der Waals surface area contributed by atoms with Gasteiger partial charge in [0.25, 0.3) is 20.2 Å². The Morgan fingerprint density at radius 2 is 1.30 bits per heavy atom. The van der Waals surface area contributed by atoms with Crippen LogP contribution in [0.3, 0.4) is 0 Å². The standard InChI is InChI=1S/C11H18O10S2/c1-9(11(13)21-5-3-7-23(17,18)19)8-10(12)20-4-2-6-22(14,15)16/h1-8H2,(H,14,15,16)(H,17,18,19). The molecule has 0 atom stereocenters. The van der Waals surface area contributed by atoms with E-state index in [0.29, 0.717) is 0 Å². The van der Waals surface area contributed by atoms with E-state index in [1.165, 1.54) is 0 Å². The Balaban J connectivity index is 3.94. The van der Waals surface area contributed by atoms with E-state index >= 15 is 0 Å². The fourth-order valence-electron chi connectivity index (χ4n) is 1.23. The molecule has 134 valence electrons. The molecule has 0 aliphatic carbocycles. The molecule has 0 rings (SSSR count). The van der Waals surface area contributed by atoms with Crippen molar-refractivity contribution in [3.05, 3.63) is 12.2 Å². The van der Waals surface area contributed by atoms with Crippen molar-refractivity contribution in [3.63, 3.8) is 0 Å². The minimum absolute atomic E-state index is 0.100. The lowest BCUT2D eigenvalue weighted by Crippen LogP contribution is -2.16. The van der Waals surface area contributed by atoms with E-state index in [9.17, 15) is 26.4 Å². The quantitative estimate of drug-likeness (QED) is 0.210. The SMILES string of the molecule is C=C(CC(=O)OCCCS(=O)(=O)O)C(=O)OCCCS(=O)(=O)O. The lowest BCUT2D eigenvalue weighted by atomic mass is 10.2. The highest BCUT2D eigenvalue weighted by Crippen LogP contribution is 2.04. The van der Waals surface area contributed by atoms with E-state index in [4.69, 9.17) is 9.11 Å². The average molecular weight is 374 g/mol. The number of rotatable bonds is 11. The molecule has 0 aromatic carbocycles. The predicted molar refractivity (Wildman–Crippen MR) is 77.7 cm³/mol. The minimum atomic E-state index is -4.13. The van der Waals surface area contributed by atoms with Crippen LogP contribution in [0, 0.1) is 0 Å². The number of carbonyl (C=O) groups is 2. The molecule has 0 amide bonds. The van der Waals surface area contributed by atoms with Gasteiger partial charge in [-0.05, 0) is 12.8 Å². The van der Waals surface area contributed by atoms with Gasteiger partial charge in [-0.15, -0.1) is 0 Å². The summed E-state index contributed by atoms with van der Waals surface area (Å²) in [4.78, 5) is 22.7. The number of hydrogen-bond donors (Lipinski definition) is 2. The molecule has 23 heavy (non-hydrogen) atoms. The molecule has 0 aliphatic rings. The van der Waals surface area contributed by atoms with Crippen molar-refractivity contribution in [1.82, 2.24) is 0 Å². The van der Waals surface area contributed by atoms with E-state index in [2.05, 4.69) is 16.1 Å². The Hall–Kier alpha value is -1.50. The number of hydrogen-bond acceptors (Lipinski definition) is 8. The van der Waals surface area contributed by atoms with Crippen LogP contribution in [0.25, 0.3) is 0 Å². The monoisotopic (exact) mass is 374 g/mol. The first kappa shape index (κ1) is 21.5. The molecular formula is C11H18O10S2. The van der Waals surface area contributed by atoms with Gasteiger partial charge in [-0.25, -0.2) is 4.79 Å². The first-order chi connectivity index (χ1) is 10.4. The predicted octanol–water partition coefficient (Wildman–Crippen LogP) is -0.425. The second-order valence-corrected chi connectivity index (χ2v) is 7.56. The molecule has 0 bridgehead atoms. The van der Waals surface area contributed by atoms with Crippen LogP contribution < -0.4 is 0 Å². The second-order valence-electron chi connectivity index (χ2n) is 4.42. The van der Waals surface area contributed by atoms with Crippen molar-refractivity contribution in [2.24, 2.45) is 0 Å². The van der Waals surface area contributed by atoms with Gasteiger partial charge < -0.3 is 9.47 Å². The lowest BCUT2D eigenvalue weighted by Gasteiger charge is -2.07. The smallest absolute Gasteiger partial charge is 0.333 e. The highest BCUT2D eigenvalue weighted by molar-refractivity contribution is 7.86. The van der Waals surface area contributed by atoms with E-state index in [-0.39, 0.29) is 31.6 Å². The van der Waals surface area contributed by atoms with Gasteiger partial charge in [0.1, 0.15) is 0 Å². The highest BCUT2D eigenvalue weighted by atomic mass is 32.2. The van der Waals surface area contributed by atoms with Crippen LogP contribution in [-0.2, 0) is 39.3 Å². The van der Waals surface area contributed by atoms with Crippen molar-refractivity contribution in [3.8, 4) is 0 Å². The van der Waals surface area contributed by atoms with Gasteiger partial charge in [0.05, 0.1) is 31.1 Å². The third-order valence-corrected chi connectivity index (χ3v) is 3.85. The topological polar surface area (TPSA) is 161 Å². The zero-order valence-electron chi connectivity index (χ0n) is 12.1. The van der Waals surface area contributed by atoms with Crippen LogP contribution in [-0.4, -0.2) is 62.6 Å². The van der Waals surface area contributed by atoms with Gasteiger partial charge in [-0.2, -0.15) is 16.8 Å². The van der Waals surface area contributed by atoms with Gasteiger partial charge in [-0.1, -0.05) is 6.58 Å². The summed E-state index contributed by atoms with van der Waals surface area (Å²) in [6.45, 7) is 2.78. The fourth-order valence-corrected chi connectivity index (χ4v) is 2.20. The van der Waals surface area contributed by atoms with Crippen LogP contribution in [0.15, 0.2) is 12.2 Å². The molecule has 0 aromatic heterocycles. The number of carbonyl (C=O) groups excluding carboxylic acids is 2. The fraction of sp³-hybridized carbons (Fsp3) is 0.636. The summed E-state index contributed by atoms with van der Waals surface area (Å²) in [6.07, 6.45) is -0.696. The third-order valence-electron chi connectivity index (χ3n) is 2.24. The molecule has 0 aromatic rings. The zero-order chi connectivity index (χ0) is 18.1. The zero-order valence-corrected chi connectivity index (χ0v) is 13.8. The Bertz CT molecular complexity index is 632. The van der Waals surface area contributed by atoms with E-state index in [1.54, 1.807) is 0 Å². The number of ether oxygens (including phenoxy) is 2. The Kier molecular flexibility index (Phi) is 8.97. The first-order valence-corrected chi connectivity index (χ1v) is 9.53. The van der Waals surface area contributed by atoms with Crippen LogP contribution in [0.1, 0.15) is 19.3 Å². The lowest BCUT2D eigenvalue weighted by molar-refractivity contribution is -0.146. The van der Waals surface area contributed by atoms with E-state index < -0.39 is 50.1 Å². The second kappa shape index (κ2) is 9.60. The summed E-state index contributed by atoms with van der Waals surface area (Å²) >= 11 is 0. The van der Waals surface area contributed by atoms with Gasteiger partial charge in [0.2, 0.25) is 0 Å². The normalized spacial score (nSPS) is 11.7. The van der Waals surface area contributed by atoms with Crippen molar-refractivity contribution < 1.29 is 45.0 Å². The van der Waals surface area contributed by atoms with Crippen LogP contribution in [0.5, 0.6) is 0 Å². The maximum Gasteiger partial charge on any atom is 0.333 e. The van der Waals surface area contributed by atoms with Gasteiger partial charge >= 0.3 is 11.9 Å². The summed E-state index contributed by atoms with van der Waals surface area (Å²) in [7, 11) is -8.26. The Morgan fingerprint density at radius 1 is 0.870 bits per heavy atom. The maximum absolute atomic E-state index is 11.4. The van der Waals surface area contributed by atoms with Crippen molar-refractivity contribution in [2.75, 3.05) is 24.7 Å². The molecule has 0 saturated heterocycles. The van der Waals surface area contributed by atoms with E-state index in [1.807, 2.05) is 0 Å². The minimum Gasteiger partial charge on any atom is -0.465 e. The molecule has 0 saturated carbocycles. The van der Waals surface area contributed by atoms with Crippen LogP contribution in [0.2, 0.25) is 0 Å². The molecule has 2 N–H and O–H groups in total. The summed E-state index contributed by atoms with van der Waals surface area (Å²) < 4.78 is 67.9. The summed E-state index contributed by atoms with van der Waals surface area (Å²) in [6, 6.07) is 0. The van der Waals surface area contributed by atoms with Gasteiger partial charge in [0, 0.05) is 5.57 Å². The van der Waals surface area contributed by atoms with Crippen molar-refractivity contribution in [2.45, 2.75) is 19.3 Å². The highest BCUT2D eigenvalue weighted by Gasteiger charge is 2.15. The van der Waals surface area contributed by atoms with Crippen molar-refractivity contribution in [1.29, 1.82) is 0 Å². The molecule has 0 spiro atoms. The van der Waals surface area contributed by atoms with E-state index in [0.717, 1.165) is 0 Å². The summed E-state index contributed by atoms with van der Waals surface area (Å²) in [5.74, 6) is -2.88. The molecular weight excluding hydrogens is 356 g/mol. The molecule has 10 nitrogen and oxygen atoms in total. The largest absolute Gasteiger partial charge is 0.465 e. The summed E-state index contributed by atoms with van der Waals surface area (Å²) in [5, 5.41) is 0. The molecule has 0 heterocycles. The third kappa shape index (κ3) is 13.9. The Morgan fingerprint density at radius 3 is 1.74 bits per heavy atom. The van der Waals surface area contributed by atoms with Gasteiger partial charge in [-0.3, -0.25) is 13.9 Å². The van der Waals surface area contributed by atoms with Gasteiger partial charge in [0.15, 0.2) is 0 Å². The van der Waals surface area contributed by atoms with Crippen LogP contribution >= 0.6 is 0 Å². The molecule has 12 heteroatoms. The average Bonchev–Trinajstić information content (AvgIpc) is 2.37. The Labute approximate surface area is 134 Å². The molecule has 0 fully saturated rings. The number of esters is 2. The molecule has 0 unspecified atom stereocenters.